The molecule has 0 N–H and O–H groups in total. The van der Waals surface area contributed by atoms with Gasteiger partial charge in [-0.3, -0.25) is 0 Å². The predicted octanol–water partition coefficient (Wildman–Crippen LogP) is 2.54. The maximum Gasteiger partial charge on any atom is 0.172 e. The molecule has 0 aliphatic carbocycles. The van der Waals surface area contributed by atoms with Crippen LogP contribution in [0.15, 0.2) is 0 Å². The molecule has 0 bridgehead atoms. The Hall–Kier alpha value is -0.480. The third kappa shape index (κ3) is 4.86. The van der Waals surface area contributed by atoms with E-state index >= 15 is 0 Å². The van der Waals surface area contributed by atoms with Crippen molar-refractivity contribution >= 4 is 0 Å². The van der Waals surface area contributed by atoms with Crippen molar-refractivity contribution in [3.63, 3.8) is 0 Å². The molecule has 7 spiro atoms. The Bertz CT molecular complexity index is 859. The molecule has 0 aromatic carbocycles. The molecule has 12 heteroatoms. The Kier molecular flexibility index (Phi) is 7.49. The fraction of sp³-hybridized carbons (Fsp3) is 1.00. The van der Waals surface area contributed by atoms with Gasteiger partial charge in [0.2, 0.25) is 0 Å². The smallest absolute Gasteiger partial charge is 0.172 e. The third-order valence-corrected chi connectivity index (χ3v) is 12.4. The predicted molar refractivity (Wildman–Crippen MR) is 146 cm³/mol. The molecular formula is C31H48N2O10. The van der Waals surface area contributed by atoms with Gasteiger partial charge in [0.15, 0.2) is 11.6 Å². The van der Waals surface area contributed by atoms with Crippen molar-refractivity contribution in [1.29, 1.82) is 0 Å². The Balaban J connectivity index is 1.00. The van der Waals surface area contributed by atoms with E-state index in [0.717, 1.165) is 0 Å². The molecule has 0 amide bonds. The largest absolute Gasteiger partial charge is 0.381 e. The minimum absolute atomic E-state index is 0.433. The lowest BCUT2D eigenvalue weighted by Crippen LogP contribution is -2.74. The number of piperidine rings is 2. The van der Waals surface area contributed by atoms with Crippen LogP contribution in [0.3, 0.4) is 0 Å². The lowest BCUT2D eigenvalue weighted by Gasteiger charge is -2.64. The number of hydrogen-bond donors (Lipinski definition) is 0. The molecule has 12 nitrogen and oxygen atoms in total. The summed E-state index contributed by atoms with van der Waals surface area (Å²) in [6, 6.07) is 0. The van der Waals surface area contributed by atoms with Crippen molar-refractivity contribution in [3.8, 4) is 0 Å². The standard InChI is InChI=1S/C31H48N2O10/c34-32-26(1-9-36-10-2-26)17-30(18-27(32)3-11-37-12-4-27)40-21-25(22-41-30)23-42-31(43-24-25)19-28(5-13-38-14-6-28)33(35)29(20-31)7-15-39-16-8-29/h1-24H2. The lowest BCUT2D eigenvalue weighted by atomic mass is 9.67. The average Bonchev–Trinajstić information content (AvgIpc) is 3.04. The van der Waals surface area contributed by atoms with Gasteiger partial charge in [-0.05, 0) is 51.4 Å². The molecule has 8 aliphatic rings. The molecule has 242 valence electrons. The summed E-state index contributed by atoms with van der Waals surface area (Å²) in [5, 5.41) is 31.0. The molecule has 8 aliphatic heterocycles. The minimum atomic E-state index is -0.817. The molecule has 2 radical (unpaired) electrons. The highest BCUT2D eigenvalue weighted by Crippen LogP contribution is 2.57. The van der Waals surface area contributed by atoms with Gasteiger partial charge in [-0.2, -0.15) is 0 Å². The maximum absolute atomic E-state index is 14.1. The molecule has 8 heterocycles. The van der Waals surface area contributed by atoms with Crippen molar-refractivity contribution in [3.05, 3.63) is 0 Å². The van der Waals surface area contributed by atoms with Crippen molar-refractivity contribution in [1.82, 2.24) is 10.1 Å². The number of rotatable bonds is 0. The first-order valence-electron chi connectivity index (χ1n) is 16.6. The summed E-state index contributed by atoms with van der Waals surface area (Å²) in [7, 11) is 0. The van der Waals surface area contributed by atoms with E-state index in [1.54, 1.807) is 0 Å². The summed E-state index contributed by atoms with van der Waals surface area (Å²) in [5.41, 5.74) is -2.64. The molecule has 8 fully saturated rings. The van der Waals surface area contributed by atoms with Crippen LogP contribution >= 0.6 is 0 Å². The normalized spacial score (nSPS) is 42.8. The summed E-state index contributed by atoms with van der Waals surface area (Å²) < 4.78 is 49.9. The van der Waals surface area contributed by atoms with Gasteiger partial charge in [0.25, 0.3) is 0 Å². The molecule has 43 heavy (non-hydrogen) atoms. The van der Waals surface area contributed by atoms with E-state index in [-0.39, 0.29) is 0 Å². The van der Waals surface area contributed by atoms with Crippen molar-refractivity contribution in [2.75, 3.05) is 79.3 Å². The second-order valence-electron chi connectivity index (χ2n) is 15.1. The zero-order valence-corrected chi connectivity index (χ0v) is 25.4. The van der Waals surface area contributed by atoms with Crippen LogP contribution in [-0.2, 0) is 48.3 Å². The summed E-state index contributed by atoms with van der Waals surface area (Å²) in [6.45, 7) is 6.45. The van der Waals surface area contributed by atoms with E-state index in [1.165, 1.54) is 10.1 Å². The van der Waals surface area contributed by atoms with Gasteiger partial charge < -0.3 is 37.9 Å². The Morgan fingerprint density at radius 1 is 0.372 bits per heavy atom. The van der Waals surface area contributed by atoms with Crippen LogP contribution in [0.25, 0.3) is 0 Å². The first kappa shape index (κ1) is 29.9. The Morgan fingerprint density at radius 3 is 0.837 bits per heavy atom. The van der Waals surface area contributed by atoms with Crippen LogP contribution in [0.1, 0.15) is 77.0 Å². The van der Waals surface area contributed by atoms with Gasteiger partial charge in [0.1, 0.15) is 0 Å². The van der Waals surface area contributed by atoms with Crippen molar-refractivity contribution < 1.29 is 48.3 Å². The molecule has 0 aromatic rings. The van der Waals surface area contributed by atoms with Crippen LogP contribution in [0, 0.1) is 5.41 Å². The lowest BCUT2D eigenvalue weighted by molar-refractivity contribution is -0.436. The molecule has 0 aromatic heterocycles. The molecule has 8 saturated heterocycles. The highest BCUT2D eigenvalue weighted by molar-refractivity contribution is 5.12. The summed E-state index contributed by atoms with van der Waals surface area (Å²) in [6.07, 6.45) is 7.66. The number of nitrogens with zero attached hydrogens (tertiary/aromatic N) is 2. The third-order valence-electron chi connectivity index (χ3n) is 12.4. The van der Waals surface area contributed by atoms with Crippen LogP contribution in [0.2, 0.25) is 0 Å². The highest BCUT2D eigenvalue weighted by atomic mass is 16.7. The Morgan fingerprint density at radius 2 is 0.605 bits per heavy atom. The van der Waals surface area contributed by atoms with E-state index in [2.05, 4.69) is 0 Å². The van der Waals surface area contributed by atoms with Gasteiger partial charge in [0, 0.05) is 78.5 Å². The molecule has 8 rings (SSSR count). The van der Waals surface area contributed by atoms with E-state index in [9.17, 15) is 10.4 Å². The second-order valence-corrected chi connectivity index (χ2v) is 15.1. The average molecular weight is 609 g/mol. The zero-order chi connectivity index (χ0) is 29.3. The Labute approximate surface area is 254 Å². The van der Waals surface area contributed by atoms with E-state index in [4.69, 9.17) is 37.9 Å². The zero-order valence-electron chi connectivity index (χ0n) is 25.4. The summed E-state index contributed by atoms with van der Waals surface area (Å²) in [5.74, 6) is -1.63. The van der Waals surface area contributed by atoms with E-state index < -0.39 is 39.1 Å². The fourth-order valence-electron chi connectivity index (χ4n) is 9.83. The molecule has 0 atom stereocenters. The van der Waals surface area contributed by atoms with Crippen LogP contribution < -0.4 is 0 Å². The summed E-state index contributed by atoms with van der Waals surface area (Å²) >= 11 is 0. The fourth-order valence-corrected chi connectivity index (χ4v) is 9.83. The van der Waals surface area contributed by atoms with Gasteiger partial charge in [-0.1, -0.05) is 0 Å². The van der Waals surface area contributed by atoms with E-state index in [0.29, 0.717) is 156 Å². The van der Waals surface area contributed by atoms with Crippen LogP contribution in [0.5, 0.6) is 0 Å². The van der Waals surface area contributed by atoms with Crippen molar-refractivity contribution in [2.24, 2.45) is 5.41 Å². The molecule has 0 unspecified atom stereocenters. The first-order chi connectivity index (χ1) is 20.8. The van der Waals surface area contributed by atoms with Crippen LogP contribution in [0.4, 0.5) is 0 Å². The minimum Gasteiger partial charge on any atom is -0.381 e. The van der Waals surface area contributed by atoms with Gasteiger partial charge in [0.05, 0.1) is 54.0 Å². The molecular weight excluding hydrogens is 560 g/mol. The number of hydrogen-bond acceptors (Lipinski definition) is 10. The first-order valence-corrected chi connectivity index (χ1v) is 16.6. The molecule has 0 saturated carbocycles. The van der Waals surface area contributed by atoms with Gasteiger partial charge in [-0.15, -0.1) is 20.5 Å². The SMILES string of the molecule is [O]N1C2(CCOCC2)CC2(CC13CCOCC3)OCC1(CO2)COC2(CC3(CCOCC3)N([O])C3(CCOCC3)C2)OC1. The highest BCUT2D eigenvalue weighted by Gasteiger charge is 2.66. The van der Waals surface area contributed by atoms with Gasteiger partial charge >= 0.3 is 0 Å². The number of ether oxygens (including phenoxy) is 8. The number of hydroxylamine groups is 4. The second kappa shape index (κ2) is 10.8. The van der Waals surface area contributed by atoms with Crippen molar-refractivity contribution in [2.45, 2.75) is 111 Å². The maximum atomic E-state index is 14.1. The summed E-state index contributed by atoms with van der Waals surface area (Å²) in [4.78, 5) is 0. The van der Waals surface area contributed by atoms with Crippen LogP contribution in [-0.4, -0.2) is 123 Å². The van der Waals surface area contributed by atoms with E-state index in [1.807, 2.05) is 0 Å². The topological polar surface area (TPSA) is 120 Å². The monoisotopic (exact) mass is 608 g/mol. The van der Waals surface area contributed by atoms with Gasteiger partial charge in [-0.25, -0.2) is 0 Å². The quantitative estimate of drug-likeness (QED) is 0.406.